The third kappa shape index (κ3) is 3.10. The molecule has 1 aliphatic carbocycles. The zero-order valence-corrected chi connectivity index (χ0v) is 12.6. The van der Waals surface area contributed by atoms with Crippen LogP contribution in [0.3, 0.4) is 0 Å². The van der Waals surface area contributed by atoms with Crippen LogP contribution in [-0.4, -0.2) is 48.1 Å². The molecule has 1 saturated carbocycles. The van der Waals surface area contributed by atoms with Gasteiger partial charge >= 0.3 is 0 Å². The molecule has 1 aromatic rings. The Balaban J connectivity index is 2.01. The Morgan fingerprint density at radius 3 is 2.42 bits per heavy atom. The zero-order valence-electron chi connectivity index (χ0n) is 12.6. The van der Waals surface area contributed by atoms with E-state index in [2.05, 4.69) is 43.9 Å². The van der Waals surface area contributed by atoms with Crippen molar-refractivity contribution in [2.45, 2.75) is 38.3 Å². The van der Waals surface area contributed by atoms with Crippen LogP contribution in [0.2, 0.25) is 0 Å². The van der Waals surface area contributed by atoms with Crippen LogP contribution in [0.4, 0.5) is 0 Å². The van der Waals surface area contributed by atoms with Crippen molar-refractivity contribution in [1.29, 1.82) is 0 Å². The minimum Gasteiger partial charge on any atom is -0.508 e. The number of aromatic hydroxyl groups is 1. The van der Waals surface area contributed by atoms with E-state index < -0.39 is 0 Å². The van der Waals surface area contributed by atoms with E-state index in [0.717, 1.165) is 18.7 Å². The van der Waals surface area contributed by atoms with Crippen LogP contribution in [0.5, 0.6) is 5.75 Å². The van der Waals surface area contributed by atoms with Gasteiger partial charge in [0, 0.05) is 24.2 Å². The highest BCUT2D eigenvalue weighted by molar-refractivity contribution is 5.35. The number of rotatable bonds is 5. The molecule has 0 unspecified atom stereocenters. The van der Waals surface area contributed by atoms with Gasteiger partial charge < -0.3 is 14.9 Å². The maximum absolute atomic E-state index is 9.93. The van der Waals surface area contributed by atoms with E-state index in [9.17, 15) is 5.11 Å². The van der Waals surface area contributed by atoms with Gasteiger partial charge in [-0.1, -0.05) is 17.7 Å². The predicted octanol–water partition coefficient (Wildman–Crippen LogP) is 2.62. The highest BCUT2D eigenvalue weighted by Crippen LogP contribution is 2.37. The number of nitrogens with zero attached hydrogens (tertiary/aromatic N) is 2. The first-order chi connectivity index (χ1) is 8.93. The maximum atomic E-state index is 9.93. The number of aryl methyl sites for hydroxylation is 1. The Hall–Kier alpha value is -1.06. The van der Waals surface area contributed by atoms with Crippen LogP contribution >= 0.6 is 0 Å². The summed E-state index contributed by atoms with van der Waals surface area (Å²) in [6, 6.07) is 5.82. The summed E-state index contributed by atoms with van der Waals surface area (Å²) in [5.41, 5.74) is 2.57. The number of likely N-dealkylation sites (N-methyl/N-ethyl adjacent to an activating group) is 2. The molecule has 0 bridgehead atoms. The van der Waals surface area contributed by atoms with Crippen molar-refractivity contribution in [2.75, 3.05) is 27.7 Å². The van der Waals surface area contributed by atoms with Gasteiger partial charge in [0.2, 0.25) is 0 Å². The van der Waals surface area contributed by atoms with E-state index in [4.69, 9.17) is 0 Å². The van der Waals surface area contributed by atoms with Crippen molar-refractivity contribution in [2.24, 2.45) is 0 Å². The van der Waals surface area contributed by atoms with Crippen molar-refractivity contribution in [1.82, 2.24) is 9.80 Å². The Bertz CT molecular complexity index is 438. The summed E-state index contributed by atoms with van der Waals surface area (Å²) in [4.78, 5) is 4.69. The first-order valence-electron chi connectivity index (χ1n) is 7.07. The fourth-order valence-electron chi connectivity index (χ4n) is 3.02. The number of hydrogen-bond acceptors (Lipinski definition) is 3. The van der Waals surface area contributed by atoms with E-state index in [1.165, 1.54) is 24.8 Å². The Kier molecular flexibility index (Phi) is 4.16. The molecule has 0 saturated heterocycles. The van der Waals surface area contributed by atoms with Crippen molar-refractivity contribution < 1.29 is 5.11 Å². The standard InChI is InChI=1S/C16H26N2O/c1-13-6-7-15(19)14(10-13)11-18(4)12-16(17(2)3)8-5-9-16/h6-7,10,19H,5,8-9,11-12H2,1-4H3. The highest BCUT2D eigenvalue weighted by Gasteiger charge is 2.39. The molecule has 1 N–H and O–H groups in total. The number of benzene rings is 1. The van der Waals surface area contributed by atoms with E-state index in [0.29, 0.717) is 11.3 Å². The van der Waals surface area contributed by atoms with E-state index in [1.54, 1.807) is 6.07 Å². The smallest absolute Gasteiger partial charge is 0.120 e. The Morgan fingerprint density at radius 1 is 1.21 bits per heavy atom. The lowest BCUT2D eigenvalue weighted by molar-refractivity contribution is 0.0257. The van der Waals surface area contributed by atoms with E-state index in [-0.39, 0.29) is 0 Å². The monoisotopic (exact) mass is 262 g/mol. The van der Waals surface area contributed by atoms with Gasteiger partial charge in [-0.05, 0) is 53.4 Å². The second kappa shape index (κ2) is 5.51. The van der Waals surface area contributed by atoms with Crippen LogP contribution in [0.25, 0.3) is 0 Å². The Labute approximate surface area is 116 Å². The summed E-state index contributed by atoms with van der Waals surface area (Å²) in [7, 11) is 6.50. The fraction of sp³-hybridized carbons (Fsp3) is 0.625. The molecular formula is C16H26N2O. The van der Waals surface area contributed by atoms with Gasteiger partial charge in [-0.25, -0.2) is 0 Å². The molecule has 1 aliphatic rings. The van der Waals surface area contributed by atoms with Crippen molar-refractivity contribution in [3.8, 4) is 5.75 Å². The van der Waals surface area contributed by atoms with Crippen LogP contribution in [-0.2, 0) is 6.54 Å². The quantitative estimate of drug-likeness (QED) is 0.883. The predicted molar refractivity (Wildman–Crippen MR) is 79.4 cm³/mol. The average molecular weight is 262 g/mol. The van der Waals surface area contributed by atoms with Gasteiger partial charge in [0.25, 0.3) is 0 Å². The van der Waals surface area contributed by atoms with Gasteiger partial charge in [0.1, 0.15) is 5.75 Å². The Morgan fingerprint density at radius 2 is 1.89 bits per heavy atom. The lowest BCUT2D eigenvalue weighted by Gasteiger charge is -2.49. The summed E-state index contributed by atoms with van der Waals surface area (Å²) in [5.74, 6) is 0.407. The molecule has 0 aromatic heterocycles. The molecule has 106 valence electrons. The summed E-state index contributed by atoms with van der Waals surface area (Å²) in [6.07, 6.45) is 3.90. The molecule has 0 atom stereocenters. The van der Waals surface area contributed by atoms with Crippen molar-refractivity contribution >= 4 is 0 Å². The lowest BCUT2D eigenvalue weighted by atomic mass is 9.75. The van der Waals surface area contributed by atoms with E-state index >= 15 is 0 Å². The molecule has 3 nitrogen and oxygen atoms in total. The van der Waals surface area contributed by atoms with Gasteiger partial charge in [-0.3, -0.25) is 0 Å². The summed E-state index contributed by atoms with van der Waals surface area (Å²) >= 11 is 0. The third-order valence-electron chi connectivity index (χ3n) is 4.47. The maximum Gasteiger partial charge on any atom is 0.120 e. The third-order valence-corrected chi connectivity index (χ3v) is 4.47. The van der Waals surface area contributed by atoms with Gasteiger partial charge in [-0.15, -0.1) is 0 Å². The summed E-state index contributed by atoms with van der Waals surface area (Å²) in [5, 5.41) is 9.93. The van der Waals surface area contributed by atoms with Crippen LogP contribution in [0.1, 0.15) is 30.4 Å². The fourth-order valence-corrected chi connectivity index (χ4v) is 3.02. The number of phenols is 1. The first-order valence-corrected chi connectivity index (χ1v) is 7.07. The zero-order chi connectivity index (χ0) is 14.0. The molecule has 0 heterocycles. The average Bonchev–Trinajstić information content (AvgIpc) is 2.28. The molecule has 0 spiro atoms. The van der Waals surface area contributed by atoms with Crippen LogP contribution < -0.4 is 0 Å². The summed E-state index contributed by atoms with van der Waals surface area (Å²) in [6.45, 7) is 3.94. The molecule has 2 rings (SSSR count). The minimum absolute atomic E-state index is 0.341. The normalized spacial score (nSPS) is 17.8. The second-order valence-corrected chi connectivity index (χ2v) is 6.28. The van der Waals surface area contributed by atoms with Crippen LogP contribution in [0.15, 0.2) is 18.2 Å². The van der Waals surface area contributed by atoms with Crippen molar-refractivity contribution in [3.05, 3.63) is 29.3 Å². The van der Waals surface area contributed by atoms with Gasteiger partial charge in [0.15, 0.2) is 0 Å². The summed E-state index contributed by atoms with van der Waals surface area (Å²) < 4.78 is 0. The van der Waals surface area contributed by atoms with Crippen LogP contribution in [0, 0.1) is 6.92 Å². The first kappa shape index (κ1) is 14.4. The largest absolute Gasteiger partial charge is 0.508 e. The minimum atomic E-state index is 0.341. The molecule has 0 amide bonds. The molecule has 0 radical (unpaired) electrons. The second-order valence-electron chi connectivity index (χ2n) is 6.28. The molecule has 0 aliphatic heterocycles. The topological polar surface area (TPSA) is 26.7 Å². The van der Waals surface area contributed by atoms with Crippen molar-refractivity contribution in [3.63, 3.8) is 0 Å². The molecule has 3 heteroatoms. The van der Waals surface area contributed by atoms with Gasteiger partial charge in [0.05, 0.1) is 0 Å². The van der Waals surface area contributed by atoms with Gasteiger partial charge in [-0.2, -0.15) is 0 Å². The highest BCUT2D eigenvalue weighted by atomic mass is 16.3. The molecule has 19 heavy (non-hydrogen) atoms. The number of phenolic OH excluding ortho intramolecular Hbond substituents is 1. The number of hydrogen-bond donors (Lipinski definition) is 1. The lowest BCUT2D eigenvalue weighted by Crippen LogP contribution is -2.56. The SMILES string of the molecule is Cc1ccc(O)c(CN(C)CC2(N(C)C)CCC2)c1. The molecule has 1 aromatic carbocycles. The molecule has 1 fully saturated rings. The molecular weight excluding hydrogens is 236 g/mol. The van der Waals surface area contributed by atoms with E-state index in [1.807, 2.05) is 6.07 Å².